The second-order valence-corrected chi connectivity index (χ2v) is 6.11. The molecular weight excluding hydrogens is 314 g/mol. The summed E-state index contributed by atoms with van der Waals surface area (Å²) in [5.41, 5.74) is 10.5. The Morgan fingerprint density at radius 3 is 2.55 bits per heavy atom. The molecule has 0 saturated heterocycles. The molecule has 2 N–H and O–H groups in total. The van der Waals surface area contributed by atoms with Crippen LogP contribution in [0.4, 0.5) is 5.69 Å². The lowest BCUT2D eigenvalue weighted by atomic mass is 9.89. The van der Waals surface area contributed by atoms with Crippen LogP contribution < -0.4 is 5.73 Å². The van der Waals surface area contributed by atoms with Gasteiger partial charge in [-0.1, -0.05) is 28.1 Å². The van der Waals surface area contributed by atoms with Gasteiger partial charge in [0.2, 0.25) is 0 Å². The summed E-state index contributed by atoms with van der Waals surface area (Å²) in [6, 6.07) is 11.4. The number of nitrogen functional groups attached to an aromatic ring is 1. The maximum Gasteiger partial charge on any atom is 0.194 e. The number of anilines is 1. The Bertz CT molecular complexity index is 679. The highest BCUT2D eigenvalue weighted by atomic mass is 79.9. The first-order chi connectivity index (χ1) is 9.65. The van der Waals surface area contributed by atoms with Crippen LogP contribution in [0, 0.1) is 0 Å². The van der Waals surface area contributed by atoms with Crippen LogP contribution in [-0.2, 0) is 12.8 Å². The molecule has 102 valence electrons. The quantitative estimate of drug-likeness (QED) is 0.664. The molecule has 0 bridgehead atoms. The Hall–Kier alpha value is -1.61. The van der Waals surface area contributed by atoms with Crippen LogP contribution in [0.2, 0.25) is 0 Å². The van der Waals surface area contributed by atoms with E-state index in [9.17, 15) is 4.79 Å². The van der Waals surface area contributed by atoms with Crippen LogP contribution in [-0.4, -0.2) is 5.78 Å². The van der Waals surface area contributed by atoms with Crippen molar-refractivity contribution < 1.29 is 4.79 Å². The standard InChI is InChI=1S/C17H16BrNO/c18-16-8-7-14(19)10-15(16)17(20)13-6-5-11-3-1-2-4-12(11)9-13/h5-10H,1-4,19H2. The van der Waals surface area contributed by atoms with Crippen LogP contribution in [0.3, 0.4) is 0 Å². The predicted octanol–water partition coefficient (Wildman–Crippen LogP) is 4.14. The van der Waals surface area contributed by atoms with Crippen molar-refractivity contribution in [2.75, 3.05) is 5.73 Å². The van der Waals surface area contributed by atoms with Gasteiger partial charge in [-0.25, -0.2) is 0 Å². The molecule has 20 heavy (non-hydrogen) atoms. The van der Waals surface area contributed by atoms with E-state index >= 15 is 0 Å². The summed E-state index contributed by atoms with van der Waals surface area (Å²) in [5.74, 6) is 0.0255. The number of fused-ring (bicyclic) bond motifs is 1. The maximum absolute atomic E-state index is 12.6. The third kappa shape index (κ3) is 2.50. The first-order valence-corrected chi connectivity index (χ1v) is 7.66. The predicted molar refractivity (Wildman–Crippen MR) is 85.1 cm³/mol. The van der Waals surface area contributed by atoms with Crippen molar-refractivity contribution in [2.45, 2.75) is 25.7 Å². The van der Waals surface area contributed by atoms with Crippen LogP contribution in [0.25, 0.3) is 0 Å². The number of hydrogen-bond donors (Lipinski definition) is 1. The zero-order valence-corrected chi connectivity index (χ0v) is 12.7. The van der Waals surface area contributed by atoms with Gasteiger partial charge >= 0.3 is 0 Å². The van der Waals surface area contributed by atoms with Gasteiger partial charge in [0.1, 0.15) is 0 Å². The minimum Gasteiger partial charge on any atom is -0.399 e. The van der Waals surface area contributed by atoms with E-state index in [2.05, 4.69) is 22.0 Å². The van der Waals surface area contributed by atoms with Gasteiger partial charge in [0, 0.05) is 21.3 Å². The van der Waals surface area contributed by atoms with Crippen LogP contribution in [0.15, 0.2) is 40.9 Å². The third-order valence-electron chi connectivity index (χ3n) is 3.85. The highest BCUT2D eigenvalue weighted by Crippen LogP contribution is 2.26. The summed E-state index contributed by atoms with van der Waals surface area (Å²) >= 11 is 3.43. The summed E-state index contributed by atoms with van der Waals surface area (Å²) in [4.78, 5) is 12.6. The molecule has 0 aliphatic heterocycles. The molecule has 3 rings (SSSR count). The van der Waals surface area contributed by atoms with Crippen LogP contribution >= 0.6 is 15.9 Å². The number of aryl methyl sites for hydroxylation is 2. The summed E-state index contributed by atoms with van der Waals surface area (Å²) in [6.07, 6.45) is 4.67. The number of rotatable bonds is 2. The second kappa shape index (κ2) is 5.41. The van der Waals surface area contributed by atoms with Crippen molar-refractivity contribution in [1.29, 1.82) is 0 Å². The Balaban J connectivity index is 2.00. The van der Waals surface area contributed by atoms with Crippen molar-refractivity contribution in [2.24, 2.45) is 0 Å². The van der Waals surface area contributed by atoms with Gasteiger partial charge in [0.15, 0.2) is 5.78 Å². The molecule has 0 saturated carbocycles. The van der Waals surface area contributed by atoms with Gasteiger partial charge < -0.3 is 5.73 Å². The average molecular weight is 330 g/mol. The minimum absolute atomic E-state index is 0.0255. The van der Waals surface area contributed by atoms with Gasteiger partial charge in [-0.05, 0) is 61.1 Å². The molecular formula is C17H16BrNO. The van der Waals surface area contributed by atoms with Crippen molar-refractivity contribution in [3.63, 3.8) is 0 Å². The topological polar surface area (TPSA) is 43.1 Å². The minimum atomic E-state index is 0.0255. The van der Waals surface area contributed by atoms with E-state index in [1.807, 2.05) is 18.2 Å². The molecule has 0 amide bonds. The number of carbonyl (C=O) groups excluding carboxylic acids is 1. The molecule has 2 aromatic rings. The lowest BCUT2D eigenvalue weighted by Gasteiger charge is -2.16. The summed E-state index contributed by atoms with van der Waals surface area (Å²) in [6.45, 7) is 0. The van der Waals surface area contributed by atoms with Crippen molar-refractivity contribution in [1.82, 2.24) is 0 Å². The maximum atomic E-state index is 12.6. The smallest absolute Gasteiger partial charge is 0.194 e. The Labute approximate surface area is 127 Å². The third-order valence-corrected chi connectivity index (χ3v) is 4.54. The molecule has 2 aromatic carbocycles. The number of benzene rings is 2. The first-order valence-electron chi connectivity index (χ1n) is 6.86. The molecule has 1 aliphatic rings. The van der Waals surface area contributed by atoms with E-state index < -0.39 is 0 Å². The lowest BCUT2D eigenvalue weighted by Crippen LogP contribution is -2.08. The van der Waals surface area contributed by atoms with Gasteiger partial charge in [0.25, 0.3) is 0 Å². The fourth-order valence-electron chi connectivity index (χ4n) is 2.75. The molecule has 0 radical (unpaired) electrons. The van der Waals surface area contributed by atoms with Gasteiger partial charge in [-0.3, -0.25) is 4.79 Å². The van der Waals surface area contributed by atoms with Gasteiger partial charge in [0.05, 0.1) is 0 Å². The molecule has 2 nitrogen and oxygen atoms in total. The fraction of sp³-hybridized carbons (Fsp3) is 0.235. The normalized spacial score (nSPS) is 13.8. The number of nitrogens with two attached hydrogens (primary N) is 1. The zero-order valence-electron chi connectivity index (χ0n) is 11.2. The highest BCUT2D eigenvalue weighted by molar-refractivity contribution is 9.10. The van der Waals surface area contributed by atoms with E-state index in [-0.39, 0.29) is 5.78 Å². The average Bonchev–Trinajstić information content (AvgIpc) is 2.48. The van der Waals surface area contributed by atoms with Crippen molar-refractivity contribution in [3.05, 3.63) is 63.1 Å². The van der Waals surface area contributed by atoms with Crippen molar-refractivity contribution >= 4 is 27.4 Å². The number of halogens is 1. The highest BCUT2D eigenvalue weighted by Gasteiger charge is 2.16. The van der Waals surface area contributed by atoms with Crippen LogP contribution in [0.5, 0.6) is 0 Å². The second-order valence-electron chi connectivity index (χ2n) is 5.26. The number of carbonyl (C=O) groups is 1. The zero-order chi connectivity index (χ0) is 14.1. The van der Waals surface area contributed by atoms with E-state index in [4.69, 9.17) is 5.73 Å². The molecule has 0 aromatic heterocycles. The first kappa shape index (κ1) is 13.4. The Morgan fingerprint density at radius 1 is 1.00 bits per heavy atom. The van der Waals surface area contributed by atoms with E-state index in [0.717, 1.165) is 22.9 Å². The van der Waals surface area contributed by atoms with Crippen LogP contribution in [0.1, 0.15) is 39.9 Å². The summed E-state index contributed by atoms with van der Waals surface area (Å²) in [7, 11) is 0. The Morgan fingerprint density at radius 2 is 1.75 bits per heavy atom. The summed E-state index contributed by atoms with van der Waals surface area (Å²) in [5, 5.41) is 0. The van der Waals surface area contributed by atoms with Gasteiger partial charge in [-0.2, -0.15) is 0 Å². The Kier molecular flexibility index (Phi) is 3.62. The van der Waals surface area contributed by atoms with E-state index in [1.54, 1.807) is 12.1 Å². The molecule has 0 fully saturated rings. The number of hydrogen-bond acceptors (Lipinski definition) is 2. The molecule has 3 heteroatoms. The van der Waals surface area contributed by atoms with E-state index in [0.29, 0.717) is 11.3 Å². The van der Waals surface area contributed by atoms with Gasteiger partial charge in [-0.15, -0.1) is 0 Å². The lowest BCUT2D eigenvalue weighted by molar-refractivity contribution is 0.103. The largest absolute Gasteiger partial charge is 0.399 e. The molecule has 0 atom stereocenters. The fourth-order valence-corrected chi connectivity index (χ4v) is 3.17. The van der Waals surface area contributed by atoms with Crippen molar-refractivity contribution in [3.8, 4) is 0 Å². The molecule has 0 spiro atoms. The summed E-state index contributed by atoms with van der Waals surface area (Å²) < 4.78 is 0.787. The number of ketones is 1. The SMILES string of the molecule is Nc1ccc(Br)c(C(=O)c2ccc3c(c2)CCCC3)c1. The monoisotopic (exact) mass is 329 g/mol. The molecule has 0 unspecified atom stereocenters. The van der Waals surface area contributed by atoms with E-state index in [1.165, 1.54) is 24.0 Å². The molecule has 1 aliphatic carbocycles. The molecule has 0 heterocycles.